The minimum Gasteiger partial charge on any atom is -0.354 e. The molecular weight excluding hydrogens is 482 g/mol. The second-order valence-corrected chi connectivity index (χ2v) is 10.3. The zero-order chi connectivity index (χ0) is 25.2. The topological polar surface area (TPSA) is 87.6 Å². The van der Waals surface area contributed by atoms with E-state index >= 15 is 0 Å². The Morgan fingerprint density at radius 3 is 1.69 bits per heavy atom. The maximum Gasteiger partial charge on any atom is 0.282 e. The van der Waals surface area contributed by atoms with Crippen molar-refractivity contribution in [1.29, 1.82) is 0 Å². The van der Waals surface area contributed by atoms with Gasteiger partial charge in [-0.3, -0.25) is 4.79 Å². The molecule has 6 nitrogen and oxygen atoms in total. The predicted molar refractivity (Wildman–Crippen MR) is 141 cm³/mol. The van der Waals surface area contributed by atoms with E-state index < -0.39 is 15.8 Å². The van der Waals surface area contributed by atoms with Crippen LogP contribution >= 0.6 is 11.6 Å². The predicted octanol–water partition coefficient (Wildman–Crippen LogP) is 5.88. The molecule has 0 saturated heterocycles. The van der Waals surface area contributed by atoms with Gasteiger partial charge in [0.2, 0.25) is 5.78 Å². The molecule has 2 N–H and O–H groups in total. The van der Waals surface area contributed by atoms with E-state index in [1.54, 1.807) is 12.1 Å². The number of sulfonamides is 1. The standard InChI is InChI=1S/C27H24ClN3O3S/c1-17-4-10-20(11-5-17)29-23-16-24(31-35(33,34)22-14-8-19(3)9-15-22)27(32)25(28)26(23)30-21-12-6-18(2)7-13-21/h4-16,29-30H,1-3H3. The van der Waals surface area contributed by atoms with Gasteiger partial charge in [0, 0.05) is 11.4 Å². The van der Waals surface area contributed by atoms with E-state index in [0.29, 0.717) is 11.4 Å². The van der Waals surface area contributed by atoms with Gasteiger partial charge in [0.1, 0.15) is 10.7 Å². The number of hydrogen-bond donors (Lipinski definition) is 2. The van der Waals surface area contributed by atoms with Gasteiger partial charge in [0.05, 0.1) is 16.3 Å². The molecule has 35 heavy (non-hydrogen) atoms. The summed E-state index contributed by atoms with van der Waals surface area (Å²) < 4.78 is 29.6. The van der Waals surface area contributed by atoms with Gasteiger partial charge in [-0.05, 0) is 63.2 Å². The van der Waals surface area contributed by atoms with Crippen molar-refractivity contribution in [1.82, 2.24) is 0 Å². The molecule has 3 aromatic rings. The number of Topliss-reactive ketones (excluding diaryl/α,β-unsaturated/α-hetero) is 1. The van der Waals surface area contributed by atoms with Crippen LogP contribution in [0.5, 0.6) is 0 Å². The number of allylic oxidation sites excluding steroid dienone is 2. The Bertz CT molecular complexity index is 1470. The van der Waals surface area contributed by atoms with Gasteiger partial charge < -0.3 is 10.6 Å². The summed E-state index contributed by atoms with van der Waals surface area (Å²) in [5.41, 5.74) is 5.00. The molecule has 0 unspecified atom stereocenters. The molecule has 0 fully saturated rings. The Balaban J connectivity index is 1.77. The van der Waals surface area contributed by atoms with Gasteiger partial charge in [-0.25, -0.2) is 0 Å². The molecule has 178 valence electrons. The van der Waals surface area contributed by atoms with Crippen LogP contribution in [0.2, 0.25) is 0 Å². The van der Waals surface area contributed by atoms with E-state index in [1.807, 2.05) is 69.3 Å². The number of aryl methyl sites for hydroxylation is 3. The second-order valence-electron chi connectivity index (χ2n) is 8.32. The van der Waals surface area contributed by atoms with Crippen LogP contribution in [0.4, 0.5) is 11.4 Å². The summed E-state index contributed by atoms with van der Waals surface area (Å²) >= 11 is 6.50. The highest BCUT2D eigenvalue weighted by Gasteiger charge is 2.29. The summed E-state index contributed by atoms with van der Waals surface area (Å²) in [4.78, 5) is 13.1. The highest BCUT2D eigenvalue weighted by Crippen LogP contribution is 2.29. The van der Waals surface area contributed by atoms with Crippen molar-refractivity contribution >= 4 is 44.5 Å². The molecular formula is C27H24ClN3O3S. The molecule has 0 spiro atoms. The largest absolute Gasteiger partial charge is 0.354 e. The number of hydrogen-bond acceptors (Lipinski definition) is 5. The number of benzene rings is 3. The molecule has 1 aliphatic carbocycles. The summed E-state index contributed by atoms with van der Waals surface area (Å²) in [6.45, 7) is 5.80. The molecule has 1 aliphatic rings. The Labute approximate surface area is 210 Å². The normalized spacial score (nSPS) is 15.3. The monoisotopic (exact) mass is 505 g/mol. The fourth-order valence-corrected chi connectivity index (χ4v) is 4.60. The van der Waals surface area contributed by atoms with Gasteiger partial charge >= 0.3 is 0 Å². The zero-order valence-electron chi connectivity index (χ0n) is 19.5. The number of anilines is 2. The lowest BCUT2D eigenvalue weighted by atomic mass is 10.0. The third-order valence-electron chi connectivity index (χ3n) is 5.39. The van der Waals surface area contributed by atoms with Gasteiger partial charge in [0.15, 0.2) is 0 Å². The first-order chi connectivity index (χ1) is 16.6. The number of ketones is 1. The Morgan fingerprint density at radius 2 is 1.17 bits per heavy atom. The SMILES string of the molecule is Cc1ccc(NC2=CC(=NS(=O)(=O)c3ccc(C)cc3)C(=O)C(Cl)=C2Nc2ccc(C)cc2)cc1. The smallest absolute Gasteiger partial charge is 0.282 e. The minimum atomic E-state index is -4.12. The Kier molecular flexibility index (Phi) is 6.91. The molecule has 0 saturated carbocycles. The molecule has 0 aromatic heterocycles. The summed E-state index contributed by atoms with van der Waals surface area (Å²) in [6.07, 6.45) is 1.40. The molecule has 0 heterocycles. The third-order valence-corrected chi connectivity index (χ3v) is 7.06. The van der Waals surface area contributed by atoms with Crippen LogP contribution in [-0.2, 0) is 14.8 Å². The first-order valence-electron chi connectivity index (χ1n) is 10.9. The lowest BCUT2D eigenvalue weighted by Crippen LogP contribution is -2.26. The number of carbonyl (C=O) groups is 1. The fraction of sp³-hybridized carbons (Fsp3) is 0.111. The van der Waals surface area contributed by atoms with E-state index in [2.05, 4.69) is 15.0 Å². The van der Waals surface area contributed by atoms with Crippen molar-refractivity contribution in [2.24, 2.45) is 4.40 Å². The fourth-order valence-electron chi connectivity index (χ4n) is 3.37. The van der Waals surface area contributed by atoms with Crippen molar-refractivity contribution < 1.29 is 13.2 Å². The average Bonchev–Trinajstić information content (AvgIpc) is 2.82. The lowest BCUT2D eigenvalue weighted by molar-refractivity contribution is -0.109. The number of halogens is 1. The van der Waals surface area contributed by atoms with Gasteiger partial charge in [-0.2, -0.15) is 12.8 Å². The number of rotatable bonds is 6. The Hall–Kier alpha value is -3.68. The number of carbonyl (C=O) groups excluding carboxylic acids is 1. The molecule has 4 rings (SSSR count). The van der Waals surface area contributed by atoms with E-state index in [0.717, 1.165) is 28.1 Å². The average molecular weight is 506 g/mol. The molecule has 3 aromatic carbocycles. The van der Waals surface area contributed by atoms with Gasteiger partial charge in [-0.15, -0.1) is 0 Å². The summed E-state index contributed by atoms with van der Waals surface area (Å²) in [5, 5.41) is 6.25. The number of nitrogens with one attached hydrogen (secondary N) is 2. The molecule has 0 aliphatic heterocycles. The van der Waals surface area contributed by atoms with E-state index in [-0.39, 0.29) is 15.6 Å². The van der Waals surface area contributed by atoms with Crippen LogP contribution in [0.25, 0.3) is 0 Å². The van der Waals surface area contributed by atoms with Crippen molar-refractivity contribution in [3.8, 4) is 0 Å². The molecule has 8 heteroatoms. The second kappa shape index (κ2) is 9.90. The highest BCUT2D eigenvalue weighted by atomic mass is 35.5. The molecule has 0 radical (unpaired) electrons. The van der Waals surface area contributed by atoms with Crippen molar-refractivity contribution in [3.63, 3.8) is 0 Å². The van der Waals surface area contributed by atoms with Gasteiger partial charge in [0.25, 0.3) is 10.0 Å². The van der Waals surface area contributed by atoms with Crippen molar-refractivity contribution in [2.75, 3.05) is 10.6 Å². The minimum absolute atomic E-state index is 0.00600. The van der Waals surface area contributed by atoms with Crippen LogP contribution in [0.1, 0.15) is 16.7 Å². The molecule has 0 amide bonds. The van der Waals surface area contributed by atoms with E-state index in [1.165, 1.54) is 18.2 Å². The van der Waals surface area contributed by atoms with Crippen LogP contribution in [-0.4, -0.2) is 19.9 Å². The third kappa shape index (κ3) is 5.70. The van der Waals surface area contributed by atoms with Crippen molar-refractivity contribution in [2.45, 2.75) is 25.7 Å². The Morgan fingerprint density at radius 1 is 0.714 bits per heavy atom. The first kappa shape index (κ1) is 24.4. The van der Waals surface area contributed by atoms with Crippen LogP contribution < -0.4 is 10.6 Å². The maximum absolute atomic E-state index is 13.1. The molecule has 0 bridgehead atoms. The summed E-state index contributed by atoms with van der Waals surface area (Å²) in [7, 11) is -4.12. The van der Waals surface area contributed by atoms with E-state index in [9.17, 15) is 13.2 Å². The summed E-state index contributed by atoms with van der Waals surface area (Å²) in [5.74, 6) is -0.688. The first-order valence-corrected chi connectivity index (χ1v) is 12.7. The van der Waals surface area contributed by atoms with Crippen LogP contribution in [0.15, 0.2) is 105 Å². The van der Waals surface area contributed by atoms with E-state index in [4.69, 9.17) is 11.6 Å². The number of nitrogens with zero attached hydrogens (tertiary/aromatic N) is 1. The summed E-state index contributed by atoms with van der Waals surface area (Å²) in [6, 6.07) is 21.5. The zero-order valence-corrected chi connectivity index (χ0v) is 21.0. The maximum atomic E-state index is 13.1. The van der Waals surface area contributed by atoms with Crippen LogP contribution in [0, 0.1) is 20.8 Å². The highest BCUT2D eigenvalue weighted by molar-refractivity contribution is 7.90. The van der Waals surface area contributed by atoms with Crippen LogP contribution in [0.3, 0.4) is 0 Å². The lowest BCUT2D eigenvalue weighted by Gasteiger charge is -2.22. The van der Waals surface area contributed by atoms with Gasteiger partial charge in [-0.1, -0.05) is 64.7 Å². The molecule has 0 atom stereocenters. The van der Waals surface area contributed by atoms with Crippen molar-refractivity contribution in [3.05, 3.63) is 112 Å². The quantitative estimate of drug-likeness (QED) is 0.408.